The molecule has 0 amide bonds. The van der Waals surface area contributed by atoms with Crippen molar-refractivity contribution in [2.24, 2.45) is 0 Å². The Hall–Kier alpha value is -2.41. The summed E-state index contributed by atoms with van der Waals surface area (Å²) in [6.45, 7) is 0.218. The number of rotatable bonds is 4. The van der Waals surface area contributed by atoms with Crippen LogP contribution in [0.15, 0.2) is 40.5 Å². The molecule has 2 heterocycles. The number of thiazole rings is 1. The molecule has 6 nitrogen and oxygen atoms in total. The molecule has 2 N–H and O–H groups in total. The highest BCUT2D eigenvalue weighted by Crippen LogP contribution is 2.20. The van der Waals surface area contributed by atoms with E-state index in [1.54, 1.807) is 36.0 Å². The van der Waals surface area contributed by atoms with Crippen LogP contribution in [0.4, 0.5) is 5.69 Å². The number of nitrogens with zero attached hydrogens (tertiary/aromatic N) is 3. The first-order valence-electron chi connectivity index (χ1n) is 5.51. The molecule has 7 heteroatoms. The number of benzene rings is 1. The summed E-state index contributed by atoms with van der Waals surface area (Å²) in [6.07, 6.45) is 1.69. The number of nitrogen functional groups attached to an aromatic ring is 1. The van der Waals surface area contributed by atoms with Gasteiger partial charge in [0, 0.05) is 11.9 Å². The third-order valence-electron chi connectivity index (χ3n) is 2.36. The fourth-order valence-corrected chi connectivity index (χ4v) is 1.99. The summed E-state index contributed by atoms with van der Waals surface area (Å²) >= 11 is 1.45. The summed E-state index contributed by atoms with van der Waals surface area (Å²) in [7, 11) is 0. The van der Waals surface area contributed by atoms with Crippen LogP contribution in [-0.4, -0.2) is 15.1 Å². The molecule has 0 aliphatic rings. The number of nitrogens with two attached hydrogens (primary N) is 1. The van der Waals surface area contributed by atoms with Gasteiger partial charge in [0.05, 0.1) is 10.4 Å². The Kier molecular flexibility index (Phi) is 3.11. The van der Waals surface area contributed by atoms with Gasteiger partial charge in [-0.1, -0.05) is 5.16 Å². The first kappa shape index (κ1) is 11.7. The SMILES string of the molecule is Nc1ccc(OCc2nc(-c3cncs3)no2)cc1. The molecule has 0 saturated carbocycles. The van der Waals surface area contributed by atoms with Crippen LogP contribution in [0.1, 0.15) is 5.89 Å². The quantitative estimate of drug-likeness (QED) is 0.735. The van der Waals surface area contributed by atoms with E-state index in [9.17, 15) is 0 Å². The monoisotopic (exact) mass is 274 g/mol. The molecule has 2 aromatic heterocycles. The van der Waals surface area contributed by atoms with Gasteiger partial charge in [0.2, 0.25) is 5.82 Å². The zero-order valence-corrected chi connectivity index (χ0v) is 10.6. The Morgan fingerprint density at radius 1 is 1.26 bits per heavy atom. The van der Waals surface area contributed by atoms with Crippen molar-refractivity contribution in [3.05, 3.63) is 41.9 Å². The highest BCUT2D eigenvalue weighted by Gasteiger charge is 2.10. The van der Waals surface area contributed by atoms with E-state index in [1.807, 2.05) is 0 Å². The largest absolute Gasteiger partial charge is 0.484 e. The lowest BCUT2D eigenvalue weighted by atomic mass is 10.3. The Morgan fingerprint density at radius 2 is 2.11 bits per heavy atom. The van der Waals surface area contributed by atoms with Crippen LogP contribution in [0.25, 0.3) is 10.7 Å². The smallest absolute Gasteiger partial charge is 0.264 e. The van der Waals surface area contributed by atoms with Crippen molar-refractivity contribution in [2.75, 3.05) is 5.73 Å². The minimum Gasteiger partial charge on any atom is -0.484 e. The molecule has 1 aromatic carbocycles. The fourth-order valence-electron chi connectivity index (χ4n) is 1.45. The van der Waals surface area contributed by atoms with Gasteiger partial charge in [0.1, 0.15) is 5.75 Å². The van der Waals surface area contributed by atoms with E-state index >= 15 is 0 Å². The van der Waals surface area contributed by atoms with Crippen molar-refractivity contribution >= 4 is 17.0 Å². The fraction of sp³-hybridized carbons (Fsp3) is 0.0833. The van der Waals surface area contributed by atoms with Crippen molar-refractivity contribution in [1.82, 2.24) is 15.1 Å². The predicted molar refractivity (Wildman–Crippen MR) is 70.6 cm³/mol. The van der Waals surface area contributed by atoms with Crippen LogP contribution in [0.3, 0.4) is 0 Å². The van der Waals surface area contributed by atoms with Crippen LogP contribution in [0, 0.1) is 0 Å². The normalized spacial score (nSPS) is 10.5. The first-order chi connectivity index (χ1) is 9.31. The predicted octanol–water partition coefficient (Wildman–Crippen LogP) is 2.35. The van der Waals surface area contributed by atoms with Gasteiger partial charge in [-0.25, -0.2) is 0 Å². The molecular formula is C12H10N4O2S. The second-order valence-corrected chi connectivity index (χ2v) is 4.62. The molecule has 0 unspecified atom stereocenters. The lowest BCUT2D eigenvalue weighted by Gasteiger charge is -2.02. The van der Waals surface area contributed by atoms with Crippen molar-refractivity contribution < 1.29 is 9.26 Å². The highest BCUT2D eigenvalue weighted by atomic mass is 32.1. The maximum Gasteiger partial charge on any atom is 0.264 e. The molecule has 0 fully saturated rings. The number of anilines is 1. The Labute approximate surface area is 112 Å². The summed E-state index contributed by atoms with van der Waals surface area (Å²) in [5.41, 5.74) is 8.00. The Bertz CT molecular complexity index is 649. The Balaban J connectivity index is 1.66. The molecule has 0 aliphatic heterocycles. The second kappa shape index (κ2) is 5.07. The maximum absolute atomic E-state index is 5.59. The summed E-state index contributed by atoms with van der Waals surface area (Å²) in [4.78, 5) is 9.06. The van der Waals surface area contributed by atoms with E-state index in [-0.39, 0.29) is 6.61 Å². The van der Waals surface area contributed by atoms with Crippen molar-refractivity contribution in [3.63, 3.8) is 0 Å². The second-order valence-electron chi connectivity index (χ2n) is 3.74. The number of ether oxygens (including phenoxy) is 1. The van der Waals surface area contributed by atoms with E-state index in [0.29, 0.717) is 23.2 Å². The van der Waals surface area contributed by atoms with Gasteiger partial charge in [-0.05, 0) is 24.3 Å². The molecular weight excluding hydrogens is 264 g/mol. The molecule has 19 heavy (non-hydrogen) atoms. The third kappa shape index (κ3) is 2.71. The van der Waals surface area contributed by atoms with Crippen molar-refractivity contribution in [3.8, 4) is 16.5 Å². The molecule has 96 valence electrons. The number of hydrogen-bond donors (Lipinski definition) is 1. The van der Waals surface area contributed by atoms with Gasteiger partial charge >= 0.3 is 0 Å². The van der Waals surface area contributed by atoms with Gasteiger partial charge in [-0.3, -0.25) is 4.98 Å². The molecule has 0 bridgehead atoms. The van der Waals surface area contributed by atoms with Gasteiger partial charge in [-0.15, -0.1) is 11.3 Å². The van der Waals surface area contributed by atoms with E-state index in [1.165, 1.54) is 11.3 Å². The summed E-state index contributed by atoms with van der Waals surface area (Å²) in [5, 5.41) is 3.87. The van der Waals surface area contributed by atoms with Crippen LogP contribution in [0.5, 0.6) is 5.75 Å². The van der Waals surface area contributed by atoms with Crippen molar-refractivity contribution in [2.45, 2.75) is 6.61 Å². The van der Waals surface area contributed by atoms with Gasteiger partial charge < -0.3 is 15.0 Å². The lowest BCUT2D eigenvalue weighted by molar-refractivity contribution is 0.243. The van der Waals surface area contributed by atoms with E-state index < -0.39 is 0 Å². The highest BCUT2D eigenvalue weighted by molar-refractivity contribution is 7.13. The molecule has 0 aliphatic carbocycles. The molecule has 0 atom stereocenters. The average Bonchev–Trinajstić information content (AvgIpc) is 3.09. The lowest BCUT2D eigenvalue weighted by Crippen LogP contribution is -1.95. The standard InChI is InChI=1S/C12H10N4O2S/c13-8-1-3-9(4-2-8)17-6-11-15-12(16-18-11)10-5-14-7-19-10/h1-5,7H,6,13H2. The summed E-state index contributed by atoms with van der Waals surface area (Å²) < 4.78 is 10.6. The minimum atomic E-state index is 0.218. The van der Waals surface area contributed by atoms with Crippen LogP contribution >= 0.6 is 11.3 Å². The molecule has 0 spiro atoms. The maximum atomic E-state index is 5.59. The molecule has 3 rings (SSSR count). The van der Waals surface area contributed by atoms with Crippen LogP contribution < -0.4 is 10.5 Å². The minimum absolute atomic E-state index is 0.218. The number of aromatic nitrogens is 3. The Morgan fingerprint density at radius 3 is 2.84 bits per heavy atom. The first-order valence-corrected chi connectivity index (χ1v) is 6.39. The topological polar surface area (TPSA) is 87.1 Å². The zero-order chi connectivity index (χ0) is 13.1. The van der Waals surface area contributed by atoms with Gasteiger partial charge in [-0.2, -0.15) is 4.98 Å². The van der Waals surface area contributed by atoms with E-state index in [4.69, 9.17) is 15.0 Å². The van der Waals surface area contributed by atoms with E-state index in [0.717, 1.165) is 4.88 Å². The summed E-state index contributed by atoms with van der Waals surface area (Å²) in [6, 6.07) is 7.11. The van der Waals surface area contributed by atoms with Gasteiger partial charge in [0.25, 0.3) is 5.89 Å². The molecule has 3 aromatic rings. The van der Waals surface area contributed by atoms with Crippen LogP contribution in [-0.2, 0) is 6.61 Å². The number of hydrogen-bond acceptors (Lipinski definition) is 7. The van der Waals surface area contributed by atoms with Gasteiger partial charge in [0.15, 0.2) is 6.61 Å². The molecule has 0 radical (unpaired) electrons. The zero-order valence-electron chi connectivity index (χ0n) is 9.81. The summed E-state index contributed by atoms with van der Waals surface area (Å²) in [5.74, 6) is 1.64. The van der Waals surface area contributed by atoms with Crippen LogP contribution in [0.2, 0.25) is 0 Å². The van der Waals surface area contributed by atoms with E-state index in [2.05, 4.69) is 15.1 Å². The third-order valence-corrected chi connectivity index (χ3v) is 3.13. The molecule has 0 saturated heterocycles. The van der Waals surface area contributed by atoms with Crippen molar-refractivity contribution in [1.29, 1.82) is 0 Å². The average molecular weight is 274 g/mol.